The number of nitrogens with one attached hydrogen (secondary N) is 1. The van der Waals surface area contributed by atoms with Crippen LogP contribution in [0.3, 0.4) is 0 Å². The van der Waals surface area contributed by atoms with E-state index in [4.69, 9.17) is 5.11 Å². The number of carbonyl (C=O) groups is 1. The summed E-state index contributed by atoms with van der Waals surface area (Å²) in [5.41, 5.74) is 1.89. The van der Waals surface area contributed by atoms with Gasteiger partial charge in [-0.15, -0.1) is 0 Å². The van der Waals surface area contributed by atoms with Gasteiger partial charge in [0.15, 0.2) is 0 Å². The molecule has 1 heterocycles. The highest BCUT2D eigenvalue weighted by atomic mass is 32.2. The minimum Gasteiger partial charge on any atom is -0.395 e. The van der Waals surface area contributed by atoms with E-state index in [0.29, 0.717) is 17.7 Å². The summed E-state index contributed by atoms with van der Waals surface area (Å²) in [7, 11) is -3.65. The first kappa shape index (κ1) is 17.4. The predicted molar refractivity (Wildman–Crippen MR) is 95.1 cm³/mol. The van der Waals surface area contributed by atoms with E-state index < -0.39 is 10.0 Å². The molecule has 6 nitrogen and oxygen atoms in total. The van der Waals surface area contributed by atoms with Gasteiger partial charge in [0.25, 0.3) is 15.9 Å². The molecular weight excluding hydrogens is 340 g/mol. The maximum Gasteiger partial charge on any atom is 0.264 e. The van der Waals surface area contributed by atoms with Crippen LogP contribution in [-0.2, 0) is 16.4 Å². The fraction of sp³-hybridized carbons (Fsp3) is 0.278. The van der Waals surface area contributed by atoms with Gasteiger partial charge in [0, 0.05) is 18.2 Å². The number of hydrogen-bond acceptors (Lipinski definition) is 4. The summed E-state index contributed by atoms with van der Waals surface area (Å²) in [5, 5.41) is 11.4. The number of amides is 1. The molecule has 7 heteroatoms. The van der Waals surface area contributed by atoms with Gasteiger partial charge in [0.2, 0.25) is 0 Å². The average Bonchev–Trinajstić information content (AvgIpc) is 2.95. The van der Waals surface area contributed by atoms with Gasteiger partial charge in [-0.25, -0.2) is 8.42 Å². The normalized spacial score (nSPS) is 16.6. The quantitative estimate of drug-likeness (QED) is 0.847. The van der Waals surface area contributed by atoms with Crippen molar-refractivity contribution in [1.29, 1.82) is 0 Å². The molecule has 2 aromatic carbocycles. The van der Waals surface area contributed by atoms with Crippen molar-refractivity contribution in [2.75, 3.05) is 17.5 Å². The van der Waals surface area contributed by atoms with Gasteiger partial charge in [-0.1, -0.05) is 18.2 Å². The molecular formula is C18H20N2O4S. The molecule has 0 saturated carbocycles. The summed E-state index contributed by atoms with van der Waals surface area (Å²) in [6.45, 7) is 1.91. The summed E-state index contributed by atoms with van der Waals surface area (Å²) >= 11 is 0. The number of benzene rings is 2. The third-order valence-corrected chi connectivity index (χ3v) is 6.13. The molecule has 0 bridgehead atoms. The van der Waals surface area contributed by atoms with Gasteiger partial charge in [0.05, 0.1) is 17.2 Å². The first-order valence-corrected chi connectivity index (χ1v) is 9.50. The van der Waals surface area contributed by atoms with E-state index in [-0.39, 0.29) is 30.0 Å². The van der Waals surface area contributed by atoms with Crippen molar-refractivity contribution in [3.05, 3.63) is 59.7 Å². The first-order chi connectivity index (χ1) is 11.9. The van der Waals surface area contributed by atoms with Gasteiger partial charge in [-0.05, 0) is 49.2 Å². The van der Waals surface area contributed by atoms with Crippen LogP contribution in [0.4, 0.5) is 5.69 Å². The number of anilines is 1. The Bertz CT molecular complexity index is 881. The summed E-state index contributed by atoms with van der Waals surface area (Å²) in [4.78, 5) is 12.3. The number of aliphatic hydroxyl groups is 1. The lowest BCUT2D eigenvalue weighted by atomic mass is 10.1. The van der Waals surface area contributed by atoms with E-state index >= 15 is 0 Å². The van der Waals surface area contributed by atoms with Crippen molar-refractivity contribution >= 4 is 21.6 Å². The lowest BCUT2D eigenvalue weighted by Gasteiger charge is -2.24. The van der Waals surface area contributed by atoms with Crippen LogP contribution < -0.4 is 9.62 Å². The Labute approximate surface area is 147 Å². The molecule has 2 aromatic rings. The standard InChI is InChI=1S/C18H20N2O4S/c1-13-11-15-12-14(18(22)19-9-10-21)7-8-17(15)20(13)25(23,24)16-5-3-2-4-6-16/h2-8,12-13,21H,9-11H2,1H3,(H,19,22)/t13-/m0/s1. The maximum atomic E-state index is 13.0. The Hall–Kier alpha value is -2.38. The van der Waals surface area contributed by atoms with Crippen molar-refractivity contribution in [3.63, 3.8) is 0 Å². The SMILES string of the molecule is C[C@H]1Cc2cc(C(=O)NCCO)ccc2N1S(=O)(=O)c1ccccc1. The lowest BCUT2D eigenvalue weighted by Crippen LogP contribution is -2.35. The van der Waals surface area contributed by atoms with Gasteiger partial charge < -0.3 is 10.4 Å². The van der Waals surface area contributed by atoms with E-state index in [1.165, 1.54) is 4.31 Å². The number of sulfonamides is 1. The molecule has 0 unspecified atom stereocenters. The van der Waals surface area contributed by atoms with Crippen LogP contribution in [0.15, 0.2) is 53.4 Å². The van der Waals surface area contributed by atoms with Crippen LogP contribution in [-0.4, -0.2) is 38.6 Å². The zero-order chi connectivity index (χ0) is 18.0. The lowest BCUT2D eigenvalue weighted by molar-refractivity contribution is 0.0944. The zero-order valence-corrected chi connectivity index (χ0v) is 14.7. The van der Waals surface area contributed by atoms with Gasteiger partial charge >= 0.3 is 0 Å². The van der Waals surface area contributed by atoms with Crippen LogP contribution in [0.2, 0.25) is 0 Å². The number of carbonyl (C=O) groups excluding carboxylic acids is 1. The summed E-state index contributed by atoms with van der Waals surface area (Å²) in [5.74, 6) is -0.283. The molecule has 25 heavy (non-hydrogen) atoms. The Morgan fingerprint density at radius 1 is 1.24 bits per heavy atom. The highest BCUT2D eigenvalue weighted by Crippen LogP contribution is 2.37. The monoisotopic (exact) mass is 360 g/mol. The number of aliphatic hydroxyl groups excluding tert-OH is 1. The average molecular weight is 360 g/mol. The van der Waals surface area contributed by atoms with Crippen LogP contribution in [0.1, 0.15) is 22.8 Å². The Balaban J connectivity index is 1.95. The topological polar surface area (TPSA) is 86.7 Å². The molecule has 0 radical (unpaired) electrons. The molecule has 0 aliphatic carbocycles. The minimum atomic E-state index is -3.65. The second-order valence-corrected chi connectivity index (χ2v) is 7.80. The van der Waals surface area contributed by atoms with E-state index in [1.54, 1.807) is 48.5 Å². The molecule has 132 valence electrons. The van der Waals surface area contributed by atoms with Crippen molar-refractivity contribution < 1.29 is 18.3 Å². The van der Waals surface area contributed by atoms with E-state index in [0.717, 1.165) is 5.56 Å². The van der Waals surface area contributed by atoms with Gasteiger partial charge in [-0.3, -0.25) is 9.10 Å². The first-order valence-electron chi connectivity index (χ1n) is 8.06. The third-order valence-electron chi connectivity index (χ3n) is 4.19. The van der Waals surface area contributed by atoms with E-state index in [9.17, 15) is 13.2 Å². The fourth-order valence-electron chi connectivity index (χ4n) is 3.09. The second kappa shape index (κ2) is 6.85. The smallest absolute Gasteiger partial charge is 0.264 e. The third kappa shape index (κ3) is 3.25. The van der Waals surface area contributed by atoms with E-state index in [2.05, 4.69) is 5.32 Å². The number of fused-ring (bicyclic) bond motifs is 1. The molecule has 1 atom stereocenters. The number of hydrogen-bond donors (Lipinski definition) is 2. The molecule has 3 rings (SSSR count). The summed E-state index contributed by atoms with van der Waals surface area (Å²) < 4.78 is 27.4. The second-order valence-electron chi connectivity index (χ2n) is 5.99. The Morgan fingerprint density at radius 2 is 1.96 bits per heavy atom. The van der Waals surface area contributed by atoms with Crippen molar-refractivity contribution in [3.8, 4) is 0 Å². The number of rotatable bonds is 5. The maximum absolute atomic E-state index is 13.0. The molecule has 1 aliphatic heterocycles. The predicted octanol–water partition coefficient (Wildman–Crippen LogP) is 1.55. The molecule has 2 N–H and O–H groups in total. The van der Waals surface area contributed by atoms with Crippen LogP contribution in [0.25, 0.3) is 0 Å². The largest absolute Gasteiger partial charge is 0.395 e. The molecule has 1 aliphatic rings. The highest BCUT2D eigenvalue weighted by Gasteiger charge is 2.36. The zero-order valence-electron chi connectivity index (χ0n) is 13.8. The molecule has 1 amide bonds. The highest BCUT2D eigenvalue weighted by molar-refractivity contribution is 7.92. The van der Waals surface area contributed by atoms with Crippen LogP contribution in [0.5, 0.6) is 0 Å². The van der Waals surface area contributed by atoms with E-state index in [1.807, 2.05) is 6.92 Å². The summed E-state index contributed by atoms with van der Waals surface area (Å²) in [6.07, 6.45) is 0.544. The molecule has 0 saturated heterocycles. The Kier molecular flexibility index (Phi) is 4.78. The van der Waals surface area contributed by atoms with Crippen molar-refractivity contribution in [2.45, 2.75) is 24.3 Å². The van der Waals surface area contributed by atoms with Gasteiger partial charge in [-0.2, -0.15) is 0 Å². The van der Waals surface area contributed by atoms with Crippen LogP contribution >= 0.6 is 0 Å². The fourth-order valence-corrected chi connectivity index (χ4v) is 4.80. The van der Waals surface area contributed by atoms with Crippen LogP contribution in [0, 0.1) is 0 Å². The molecule has 0 fully saturated rings. The molecule has 0 spiro atoms. The summed E-state index contributed by atoms with van der Waals surface area (Å²) in [6, 6.07) is 13.1. The van der Waals surface area contributed by atoms with Crippen molar-refractivity contribution in [2.24, 2.45) is 0 Å². The number of nitrogens with zero attached hydrogens (tertiary/aromatic N) is 1. The van der Waals surface area contributed by atoms with Gasteiger partial charge in [0.1, 0.15) is 0 Å². The Morgan fingerprint density at radius 3 is 2.64 bits per heavy atom. The molecule has 0 aromatic heterocycles. The van der Waals surface area contributed by atoms with Crippen molar-refractivity contribution in [1.82, 2.24) is 5.32 Å². The minimum absolute atomic E-state index is 0.128.